The minimum absolute atomic E-state index is 0.284. The van der Waals surface area contributed by atoms with Crippen molar-refractivity contribution in [1.82, 2.24) is 19.9 Å². The van der Waals surface area contributed by atoms with Gasteiger partial charge in [-0.15, -0.1) is 0 Å². The van der Waals surface area contributed by atoms with Crippen molar-refractivity contribution in [2.75, 3.05) is 31.4 Å². The Hall–Kier alpha value is -2.64. The van der Waals surface area contributed by atoms with Gasteiger partial charge >= 0.3 is 6.01 Å². The molecule has 2 N–H and O–H groups in total. The third-order valence-corrected chi connectivity index (χ3v) is 2.57. The molecule has 0 aromatic carbocycles. The van der Waals surface area contributed by atoms with Crippen LogP contribution >= 0.6 is 0 Å². The van der Waals surface area contributed by atoms with Crippen LogP contribution in [0.2, 0.25) is 0 Å². The molecule has 0 atom stereocenters. The Morgan fingerprint density at radius 3 is 2.71 bits per heavy atom. The van der Waals surface area contributed by atoms with Crippen LogP contribution in [0.5, 0.6) is 11.9 Å². The molecule has 2 aromatic heterocycles. The van der Waals surface area contributed by atoms with Crippen molar-refractivity contribution >= 4 is 11.9 Å². The number of rotatable bonds is 7. The fourth-order valence-corrected chi connectivity index (χ4v) is 1.59. The molecule has 0 amide bonds. The van der Waals surface area contributed by atoms with Crippen molar-refractivity contribution in [1.29, 1.82) is 0 Å². The molecule has 2 aromatic rings. The zero-order valence-corrected chi connectivity index (χ0v) is 12.3. The fourth-order valence-electron chi connectivity index (χ4n) is 1.59. The summed E-state index contributed by atoms with van der Waals surface area (Å²) in [6, 6.07) is 4.02. The van der Waals surface area contributed by atoms with Crippen LogP contribution in [0.25, 0.3) is 0 Å². The van der Waals surface area contributed by atoms with Crippen LogP contribution < -0.4 is 20.1 Å². The zero-order valence-electron chi connectivity index (χ0n) is 12.3. The van der Waals surface area contributed by atoms with Crippen molar-refractivity contribution in [2.45, 2.75) is 13.5 Å². The van der Waals surface area contributed by atoms with Gasteiger partial charge in [-0.2, -0.15) is 15.0 Å². The SMILES string of the molecule is CCOc1nc(NC)nc(NCc2ccnc(OC)c2)n1. The monoisotopic (exact) mass is 290 g/mol. The first-order valence-electron chi connectivity index (χ1n) is 6.54. The summed E-state index contributed by atoms with van der Waals surface area (Å²) in [6.45, 7) is 2.91. The van der Waals surface area contributed by atoms with Crippen LogP contribution in [0.15, 0.2) is 18.3 Å². The van der Waals surface area contributed by atoms with E-state index >= 15 is 0 Å². The summed E-state index contributed by atoms with van der Waals surface area (Å²) < 4.78 is 10.4. The van der Waals surface area contributed by atoms with Gasteiger partial charge in [0.05, 0.1) is 13.7 Å². The van der Waals surface area contributed by atoms with Crippen LogP contribution in [0.3, 0.4) is 0 Å². The highest BCUT2D eigenvalue weighted by atomic mass is 16.5. The highest BCUT2D eigenvalue weighted by molar-refractivity contribution is 5.36. The Labute approximate surface area is 123 Å². The molecule has 0 aliphatic rings. The number of aromatic nitrogens is 4. The van der Waals surface area contributed by atoms with E-state index in [-0.39, 0.29) is 6.01 Å². The Bertz CT molecular complexity index is 593. The van der Waals surface area contributed by atoms with Gasteiger partial charge in [-0.05, 0) is 18.6 Å². The number of nitrogens with one attached hydrogen (secondary N) is 2. The first-order valence-corrected chi connectivity index (χ1v) is 6.54. The molecule has 0 aliphatic heterocycles. The summed E-state index contributed by atoms with van der Waals surface area (Å²) in [4.78, 5) is 16.6. The topological polar surface area (TPSA) is 94.1 Å². The second-order valence-electron chi connectivity index (χ2n) is 4.01. The minimum atomic E-state index is 0.284. The van der Waals surface area contributed by atoms with E-state index in [1.165, 1.54) is 0 Å². The second-order valence-corrected chi connectivity index (χ2v) is 4.01. The van der Waals surface area contributed by atoms with E-state index in [9.17, 15) is 0 Å². The molecule has 0 unspecified atom stereocenters. The van der Waals surface area contributed by atoms with Gasteiger partial charge in [0.1, 0.15) is 0 Å². The molecule has 2 rings (SSSR count). The van der Waals surface area contributed by atoms with Gasteiger partial charge in [0.25, 0.3) is 0 Å². The van der Waals surface area contributed by atoms with Crippen LogP contribution in [0.4, 0.5) is 11.9 Å². The lowest BCUT2D eigenvalue weighted by Gasteiger charge is -2.09. The average molecular weight is 290 g/mol. The summed E-state index contributed by atoms with van der Waals surface area (Å²) in [7, 11) is 3.32. The van der Waals surface area contributed by atoms with Crippen LogP contribution in [0, 0.1) is 0 Å². The molecule has 8 heteroatoms. The fraction of sp³-hybridized carbons (Fsp3) is 0.385. The summed E-state index contributed by atoms with van der Waals surface area (Å²) >= 11 is 0. The third-order valence-electron chi connectivity index (χ3n) is 2.57. The van der Waals surface area contributed by atoms with Crippen LogP contribution in [-0.2, 0) is 6.54 Å². The third kappa shape index (κ3) is 4.16. The molecule has 0 saturated carbocycles. The molecule has 0 radical (unpaired) electrons. The second kappa shape index (κ2) is 7.22. The molecule has 0 spiro atoms. The molecule has 0 aliphatic carbocycles. The summed E-state index contributed by atoms with van der Waals surface area (Å²) in [6.07, 6.45) is 1.69. The molecular formula is C13H18N6O2. The lowest BCUT2D eigenvalue weighted by Crippen LogP contribution is -2.09. The predicted molar refractivity (Wildman–Crippen MR) is 78.7 cm³/mol. The quantitative estimate of drug-likeness (QED) is 0.788. The molecule has 8 nitrogen and oxygen atoms in total. The van der Waals surface area contributed by atoms with Gasteiger partial charge in [-0.3, -0.25) is 0 Å². The van der Waals surface area contributed by atoms with Gasteiger partial charge < -0.3 is 20.1 Å². The number of pyridine rings is 1. The van der Waals surface area contributed by atoms with Crippen molar-refractivity contribution in [3.63, 3.8) is 0 Å². The normalized spacial score (nSPS) is 10.0. The summed E-state index contributed by atoms with van der Waals surface area (Å²) in [5.74, 6) is 1.45. The Morgan fingerprint density at radius 2 is 2.00 bits per heavy atom. The first kappa shape index (κ1) is 14.8. The Kier molecular flexibility index (Phi) is 5.08. The van der Waals surface area contributed by atoms with Crippen molar-refractivity contribution < 1.29 is 9.47 Å². The lowest BCUT2D eigenvalue weighted by atomic mass is 10.2. The summed E-state index contributed by atoms with van der Waals surface area (Å²) in [5, 5.41) is 5.99. The average Bonchev–Trinajstić information content (AvgIpc) is 2.53. The van der Waals surface area contributed by atoms with E-state index in [0.717, 1.165) is 5.56 Å². The maximum absolute atomic E-state index is 5.31. The van der Waals surface area contributed by atoms with E-state index in [1.54, 1.807) is 20.4 Å². The maximum atomic E-state index is 5.31. The van der Waals surface area contributed by atoms with Gasteiger partial charge in [-0.25, -0.2) is 4.98 Å². The van der Waals surface area contributed by atoms with E-state index < -0.39 is 0 Å². The lowest BCUT2D eigenvalue weighted by molar-refractivity contribution is 0.312. The largest absolute Gasteiger partial charge is 0.481 e. The highest BCUT2D eigenvalue weighted by Gasteiger charge is 2.06. The van der Waals surface area contributed by atoms with Gasteiger partial charge in [-0.1, -0.05) is 0 Å². The molecule has 21 heavy (non-hydrogen) atoms. The number of hydrogen-bond donors (Lipinski definition) is 2. The zero-order chi connectivity index (χ0) is 15.1. The standard InChI is InChI=1S/C13H18N6O2/c1-4-21-13-18-11(14-2)17-12(19-13)16-8-9-5-6-15-10(7-9)20-3/h5-7H,4,8H2,1-3H3,(H2,14,16,17,18,19). The molecule has 0 bridgehead atoms. The highest BCUT2D eigenvalue weighted by Crippen LogP contribution is 2.13. The van der Waals surface area contributed by atoms with Crippen molar-refractivity contribution in [2.24, 2.45) is 0 Å². The van der Waals surface area contributed by atoms with Gasteiger partial charge in [0, 0.05) is 25.9 Å². The number of anilines is 2. The van der Waals surface area contributed by atoms with Crippen LogP contribution in [-0.4, -0.2) is 40.7 Å². The van der Waals surface area contributed by atoms with E-state index in [0.29, 0.717) is 30.9 Å². The number of methoxy groups -OCH3 is 1. The molecule has 0 fully saturated rings. The maximum Gasteiger partial charge on any atom is 0.323 e. The number of ether oxygens (including phenoxy) is 2. The summed E-state index contributed by atoms with van der Waals surface area (Å²) in [5.41, 5.74) is 1.01. The molecule has 2 heterocycles. The van der Waals surface area contributed by atoms with E-state index in [4.69, 9.17) is 9.47 Å². The van der Waals surface area contributed by atoms with E-state index in [1.807, 2.05) is 19.1 Å². The Morgan fingerprint density at radius 1 is 1.19 bits per heavy atom. The number of hydrogen-bond acceptors (Lipinski definition) is 8. The molecule has 0 saturated heterocycles. The smallest absolute Gasteiger partial charge is 0.323 e. The van der Waals surface area contributed by atoms with Crippen molar-refractivity contribution in [3.05, 3.63) is 23.9 Å². The number of nitrogens with zero attached hydrogens (tertiary/aromatic N) is 4. The first-order chi connectivity index (χ1) is 10.2. The van der Waals surface area contributed by atoms with Crippen LogP contribution in [0.1, 0.15) is 12.5 Å². The van der Waals surface area contributed by atoms with Gasteiger partial charge in [0.2, 0.25) is 17.8 Å². The van der Waals surface area contributed by atoms with Gasteiger partial charge in [0.15, 0.2) is 0 Å². The molecular weight excluding hydrogens is 272 g/mol. The molecule has 112 valence electrons. The predicted octanol–water partition coefficient (Wildman–Crippen LogP) is 1.33. The minimum Gasteiger partial charge on any atom is -0.481 e. The van der Waals surface area contributed by atoms with E-state index in [2.05, 4.69) is 30.6 Å². The van der Waals surface area contributed by atoms with Crippen molar-refractivity contribution in [3.8, 4) is 11.9 Å². The Balaban J connectivity index is 2.09.